The van der Waals surface area contributed by atoms with Gasteiger partial charge in [-0.3, -0.25) is 9.69 Å². The van der Waals surface area contributed by atoms with Crippen molar-refractivity contribution in [1.82, 2.24) is 9.47 Å². The number of hydrogen-bond donors (Lipinski definition) is 1. The summed E-state index contributed by atoms with van der Waals surface area (Å²) in [5.74, 6) is 0.549. The minimum Gasteiger partial charge on any atom is -0.497 e. The number of ether oxygens (including phenoxy) is 3. The average Bonchev–Trinajstić information content (AvgIpc) is 2.81. The second-order valence-electron chi connectivity index (χ2n) is 8.03. The van der Waals surface area contributed by atoms with Crippen molar-refractivity contribution in [2.75, 3.05) is 40.0 Å². The third-order valence-electron chi connectivity index (χ3n) is 6.10. The summed E-state index contributed by atoms with van der Waals surface area (Å²) in [6.07, 6.45) is 0.844. The van der Waals surface area contributed by atoms with E-state index in [1.165, 1.54) is 0 Å². The number of benzene rings is 1. The molecule has 4 rings (SSSR count). The van der Waals surface area contributed by atoms with Gasteiger partial charge in [0.2, 0.25) is 5.88 Å². The van der Waals surface area contributed by atoms with Crippen LogP contribution < -0.4 is 20.8 Å². The Morgan fingerprint density at radius 3 is 2.59 bits per heavy atom. The Hall–Kier alpha value is -3.28. The zero-order valence-electron chi connectivity index (χ0n) is 18.5. The van der Waals surface area contributed by atoms with Gasteiger partial charge in [0.15, 0.2) is 0 Å². The fraction of sp³-hybridized carbons (Fsp3) is 0.417. The number of hydrogen-bond acceptors (Lipinski definition) is 7. The smallest absolute Gasteiger partial charge is 0.258 e. The Labute approximate surface area is 187 Å². The molecule has 0 unspecified atom stereocenters. The van der Waals surface area contributed by atoms with E-state index in [2.05, 4.69) is 11.0 Å². The minimum absolute atomic E-state index is 0.0321. The molecule has 1 fully saturated rings. The molecule has 1 atom stereocenters. The minimum atomic E-state index is -0.590. The lowest BCUT2D eigenvalue weighted by molar-refractivity contribution is 0.0369. The maximum atomic E-state index is 13.6. The lowest BCUT2D eigenvalue weighted by Crippen LogP contribution is -2.38. The fourth-order valence-corrected chi connectivity index (χ4v) is 4.37. The predicted molar refractivity (Wildman–Crippen MR) is 120 cm³/mol. The highest BCUT2D eigenvalue weighted by atomic mass is 16.5. The standard InChI is InChI=1S/C24H28N4O4/c1-16-14-20-22(24(29)28(16)9-3-8-27-10-12-31-13-11-27)21(19(15-25)23(26)32-20)17-4-6-18(30-2)7-5-17/h4-7,14,21H,3,8-13,26H2,1-2H3/t21-/m1/s1. The van der Waals surface area contributed by atoms with E-state index in [4.69, 9.17) is 19.9 Å². The second-order valence-corrected chi connectivity index (χ2v) is 8.03. The second kappa shape index (κ2) is 9.47. The van der Waals surface area contributed by atoms with Crippen molar-refractivity contribution in [3.8, 4) is 17.6 Å². The molecule has 2 aliphatic heterocycles. The molecule has 0 spiro atoms. The zero-order valence-corrected chi connectivity index (χ0v) is 18.5. The summed E-state index contributed by atoms with van der Waals surface area (Å²) >= 11 is 0. The molecule has 32 heavy (non-hydrogen) atoms. The quantitative estimate of drug-likeness (QED) is 0.740. The first kappa shape index (κ1) is 21.9. The molecule has 1 aromatic heterocycles. The van der Waals surface area contributed by atoms with E-state index in [0.717, 1.165) is 50.5 Å². The summed E-state index contributed by atoms with van der Waals surface area (Å²) in [7, 11) is 1.59. The van der Waals surface area contributed by atoms with Gasteiger partial charge in [-0.05, 0) is 31.0 Å². The number of aryl methyl sites for hydroxylation is 1. The molecule has 0 amide bonds. The third-order valence-corrected chi connectivity index (χ3v) is 6.10. The molecule has 0 saturated carbocycles. The molecule has 3 heterocycles. The van der Waals surface area contributed by atoms with Crippen molar-refractivity contribution in [1.29, 1.82) is 5.26 Å². The van der Waals surface area contributed by atoms with Gasteiger partial charge in [0.25, 0.3) is 5.56 Å². The van der Waals surface area contributed by atoms with Crippen molar-refractivity contribution in [2.24, 2.45) is 5.73 Å². The van der Waals surface area contributed by atoms with Crippen LogP contribution in [0.5, 0.6) is 11.5 Å². The lowest BCUT2D eigenvalue weighted by Gasteiger charge is -2.28. The largest absolute Gasteiger partial charge is 0.497 e. The molecule has 2 aliphatic rings. The van der Waals surface area contributed by atoms with Gasteiger partial charge in [-0.25, -0.2) is 0 Å². The van der Waals surface area contributed by atoms with E-state index >= 15 is 0 Å². The third kappa shape index (κ3) is 4.22. The van der Waals surface area contributed by atoms with Crippen molar-refractivity contribution in [2.45, 2.75) is 25.8 Å². The van der Waals surface area contributed by atoms with Crippen LogP contribution in [0.3, 0.4) is 0 Å². The van der Waals surface area contributed by atoms with Gasteiger partial charge in [-0.1, -0.05) is 12.1 Å². The first-order valence-electron chi connectivity index (χ1n) is 10.8. The van der Waals surface area contributed by atoms with Crippen molar-refractivity contribution in [3.63, 3.8) is 0 Å². The molecule has 8 heteroatoms. The summed E-state index contributed by atoms with van der Waals surface area (Å²) < 4.78 is 18.1. The number of aromatic nitrogens is 1. The highest BCUT2D eigenvalue weighted by Gasteiger charge is 2.34. The van der Waals surface area contributed by atoms with E-state index in [-0.39, 0.29) is 17.0 Å². The van der Waals surface area contributed by atoms with Gasteiger partial charge < -0.3 is 24.5 Å². The molecular formula is C24H28N4O4. The van der Waals surface area contributed by atoms with Gasteiger partial charge in [0.05, 0.1) is 31.8 Å². The number of nitrogens with zero attached hydrogens (tertiary/aromatic N) is 3. The molecule has 0 radical (unpaired) electrons. The number of nitrogens with two attached hydrogens (primary N) is 1. The first-order valence-corrected chi connectivity index (χ1v) is 10.8. The zero-order chi connectivity index (χ0) is 22.7. The number of fused-ring (bicyclic) bond motifs is 1. The summed E-state index contributed by atoms with van der Waals surface area (Å²) in [5, 5.41) is 9.80. The van der Waals surface area contributed by atoms with Crippen LogP contribution in [-0.2, 0) is 11.3 Å². The van der Waals surface area contributed by atoms with Crippen molar-refractivity contribution in [3.05, 3.63) is 69.0 Å². The highest BCUT2D eigenvalue weighted by Crippen LogP contribution is 2.40. The molecular weight excluding hydrogens is 408 g/mol. The first-order chi connectivity index (χ1) is 15.5. The maximum Gasteiger partial charge on any atom is 0.258 e. The predicted octanol–water partition coefficient (Wildman–Crippen LogP) is 2.11. The van der Waals surface area contributed by atoms with Crippen molar-refractivity contribution >= 4 is 0 Å². The number of methoxy groups -OCH3 is 1. The number of pyridine rings is 1. The molecule has 1 saturated heterocycles. The van der Waals surface area contributed by atoms with Crippen molar-refractivity contribution < 1.29 is 14.2 Å². The lowest BCUT2D eigenvalue weighted by atomic mass is 9.84. The maximum absolute atomic E-state index is 13.6. The molecule has 8 nitrogen and oxygen atoms in total. The van der Waals surface area contributed by atoms with Gasteiger partial charge in [0, 0.05) is 37.9 Å². The van der Waals surface area contributed by atoms with Crippen LogP contribution in [0.15, 0.2) is 46.6 Å². The number of allylic oxidation sites excluding steroid dienone is 1. The Balaban J connectivity index is 1.69. The molecule has 2 aromatic rings. The van der Waals surface area contributed by atoms with Crippen LogP contribution in [0.25, 0.3) is 0 Å². The van der Waals surface area contributed by atoms with E-state index in [1.54, 1.807) is 11.7 Å². The van der Waals surface area contributed by atoms with Crippen LogP contribution in [-0.4, -0.2) is 49.4 Å². The molecule has 0 bridgehead atoms. The SMILES string of the molecule is COc1ccc([C@@H]2C(C#N)=C(N)Oc3cc(C)n(CCCN4CCOCC4)c(=O)c32)cc1. The Morgan fingerprint density at radius 1 is 1.22 bits per heavy atom. The van der Waals surface area contributed by atoms with Gasteiger partial charge in [-0.15, -0.1) is 0 Å². The van der Waals surface area contributed by atoms with Crippen LogP contribution in [0.1, 0.15) is 29.2 Å². The monoisotopic (exact) mass is 436 g/mol. The number of rotatable bonds is 6. The normalized spacial score (nSPS) is 18.6. The number of nitriles is 1. The van der Waals surface area contributed by atoms with Crippen LogP contribution in [0, 0.1) is 18.3 Å². The van der Waals surface area contributed by atoms with Gasteiger partial charge in [-0.2, -0.15) is 5.26 Å². The fourth-order valence-electron chi connectivity index (χ4n) is 4.37. The average molecular weight is 437 g/mol. The Kier molecular flexibility index (Phi) is 6.49. The summed E-state index contributed by atoms with van der Waals surface area (Å²) in [4.78, 5) is 16.0. The van der Waals surface area contributed by atoms with Gasteiger partial charge in [0.1, 0.15) is 23.1 Å². The van der Waals surface area contributed by atoms with Crippen LogP contribution in [0.4, 0.5) is 0 Å². The molecule has 0 aliphatic carbocycles. The topological polar surface area (TPSA) is 103 Å². The molecule has 1 aromatic carbocycles. The summed E-state index contributed by atoms with van der Waals surface area (Å²) in [6, 6.07) is 11.3. The molecule has 2 N–H and O–H groups in total. The van der Waals surface area contributed by atoms with E-state index in [1.807, 2.05) is 37.3 Å². The van der Waals surface area contributed by atoms with E-state index in [0.29, 0.717) is 23.6 Å². The van der Waals surface area contributed by atoms with Crippen LogP contribution >= 0.6 is 0 Å². The Bertz CT molecular complexity index is 1110. The molecule has 168 valence electrons. The van der Waals surface area contributed by atoms with E-state index < -0.39 is 5.92 Å². The highest BCUT2D eigenvalue weighted by molar-refractivity contribution is 5.55. The van der Waals surface area contributed by atoms with E-state index in [9.17, 15) is 10.1 Å². The summed E-state index contributed by atoms with van der Waals surface area (Å²) in [6.45, 7) is 6.73. The summed E-state index contributed by atoms with van der Waals surface area (Å²) in [5.41, 5.74) is 8.20. The Morgan fingerprint density at radius 2 is 1.94 bits per heavy atom. The number of morpholine rings is 1. The van der Waals surface area contributed by atoms with Crippen LogP contribution in [0.2, 0.25) is 0 Å². The van der Waals surface area contributed by atoms with Gasteiger partial charge >= 0.3 is 0 Å².